The van der Waals surface area contributed by atoms with E-state index >= 15 is 0 Å². The summed E-state index contributed by atoms with van der Waals surface area (Å²) >= 11 is 6.20. The molecule has 1 N–H and O–H groups in total. The van der Waals surface area contributed by atoms with Gasteiger partial charge in [-0.2, -0.15) is 5.26 Å². The van der Waals surface area contributed by atoms with Crippen molar-refractivity contribution in [3.8, 4) is 17.2 Å². The third-order valence-electron chi connectivity index (χ3n) is 5.93. The maximum absolute atomic E-state index is 12.7. The predicted octanol–water partition coefficient (Wildman–Crippen LogP) is 5.20. The zero-order chi connectivity index (χ0) is 21.8. The van der Waals surface area contributed by atoms with E-state index in [4.69, 9.17) is 16.9 Å². The van der Waals surface area contributed by atoms with Crippen LogP contribution in [0.5, 0.6) is 0 Å². The number of benzene rings is 3. The lowest BCUT2D eigenvalue weighted by atomic mass is 10.0. The van der Waals surface area contributed by atoms with Crippen LogP contribution in [0.4, 0.5) is 5.69 Å². The van der Waals surface area contributed by atoms with Gasteiger partial charge in [-0.3, -0.25) is 4.79 Å². The van der Waals surface area contributed by atoms with Gasteiger partial charge in [0.15, 0.2) is 0 Å². The zero-order valence-corrected chi connectivity index (χ0v) is 18.1. The molecule has 1 aliphatic rings. The van der Waals surface area contributed by atoms with Crippen LogP contribution in [0.3, 0.4) is 0 Å². The number of nitrogens with one attached hydrogen (secondary N) is 1. The standard InChI is InChI=1S/C26H24ClN3O/c1-18-25(13-14-30(18)23-12-11-22(17-28)24(27)16-23)29-26(31)15-19-7-9-21(10-8-19)20-5-3-2-4-6-20/h2-12,16,18,25H,13-15H2,1H3,(H,29,31)/t18-,25+/m0/s1. The quantitative estimate of drug-likeness (QED) is 0.606. The molecule has 5 heteroatoms. The minimum Gasteiger partial charge on any atom is -0.367 e. The molecule has 0 aliphatic carbocycles. The Morgan fingerprint density at radius 1 is 1.10 bits per heavy atom. The Hall–Kier alpha value is -3.29. The molecule has 1 fully saturated rings. The maximum atomic E-state index is 12.7. The van der Waals surface area contributed by atoms with Crippen LogP contribution in [0.25, 0.3) is 11.1 Å². The van der Waals surface area contributed by atoms with Crippen LogP contribution >= 0.6 is 11.6 Å². The molecule has 0 radical (unpaired) electrons. The van der Waals surface area contributed by atoms with Gasteiger partial charge in [0.25, 0.3) is 0 Å². The Balaban J connectivity index is 1.36. The smallest absolute Gasteiger partial charge is 0.224 e. The van der Waals surface area contributed by atoms with E-state index in [1.807, 2.05) is 42.5 Å². The average molecular weight is 430 g/mol. The summed E-state index contributed by atoms with van der Waals surface area (Å²) in [5, 5.41) is 12.7. The molecule has 0 aromatic heterocycles. The lowest BCUT2D eigenvalue weighted by Crippen LogP contribution is -2.43. The minimum atomic E-state index is 0.0315. The maximum Gasteiger partial charge on any atom is 0.224 e. The second-order valence-electron chi connectivity index (χ2n) is 7.91. The Morgan fingerprint density at radius 3 is 2.48 bits per heavy atom. The first-order chi connectivity index (χ1) is 15.0. The second-order valence-corrected chi connectivity index (χ2v) is 8.32. The highest BCUT2D eigenvalue weighted by atomic mass is 35.5. The molecular weight excluding hydrogens is 406 g/mol. The van der Waals surface area contributed by atoms with Gasteiger partial charge >= 0.3 is 0 Å². The van der Waals surface area contributed by atoms with Crippen LogP contribution in [0.1, 0.15) is 24.5 Å². The fraction of sp³-hybridized carbons (Fsp3) is 0.231. The summed E-state index contributed by atoms with van der Waals surface area (Å²) in [5.74, 6) is 0.0315. The van der Waals surface area contributed by atoms with E-state index in [1.54, 1.807) is 6.07 Å². The number of carbonyl (C=O) groups excluding carboxylic acids is 1. The largest absolute Gasteiger partial charge is 0.367 e. The van der Waals surface area contributed by atoms with Gasteiger partial charge in [0.2, 0.25) is 5.91 Å². The molecule has 3 aromatic carbocycles. The molecule has 1 saturated heterocycles. The lowest BCUT2D eigenvalue weighted by Gasteiger charge is -2.27. The van der Waals surface area contributed by atoms with Gasteiger partial charge in [0.05, 0.1) is 23.0 Å². The van der Waals surface area contributed by atoms with Crippen molar-refractivity contribution < 1.29 is 4.79 Å². The zero-order valence-electron chi connectivity index (χ0n) is 17.4. The number of rotatable bonds is 5. The molecule has 4 nitrogen and oxygen atoms in total. The average Bonchev–Trinajstić information content (AvgIpc) is 3.14. The van der Waals surface area contributed by atoms with E-state index in [0.29, 0.717) is 17.0 Å². The summed E-state index contributed by atoms with van der Waals surface area (Å²) in [6, 6.07) is 26.2. The summed E-state index contributed by atoms with van der Waals surface area (Å²) in [7, 11) is 0. The van der Waals surface area contributed by atoms with Crippen molar-refractivity contribution >= 4 is 23.2 Å². The van der Waals surface area contributed by atoms with E-state index < -0.39 is 0 Å². The predicted molar refractivity (Wildman–Crippen MR) is 125 cm³/mol. The fourth-order valence-electron chi connectivity index (χ4n) is 4.16. The second kappa shape index (κ2) is 9.24. The normalized spacial score (nSPS) is 17.9. The molecule has 156 valence electrons. The van der Waals surface area contributed by atoms with Crippen LogP contribution in [-0.4, -0.2) is 24.5 Å². The van der Waals surface area contributed by atoms with Gasteiger partial charge in [0, 0.05) is 18.3 Å². The summed E-state index contributed by atoms with van der Waals surface area (Å²) in [5.41, 5.74) is 4.76. The van der Waals surface area contributed by atoms with E-state index in [0.717, 1.165) is 29.8 Å². The number of anilines is 1. The van der Waals surface area contributed by atoms with Crippen LogP contribution < -0.4 is 10.2 Å². The van der Waals surface area contributed by atoms with Crippen molar-refractivity contribution in [2.24, 2.45) is 0 Å². The van der Waals surface area contributed by atoms with Crippen LogP contribution in [-0.2, 0) is 11.2 Å². The number of amides is 1. The van der Waals surface area contributed by atoms with Gasteiger partial charge < -0.3 is 10.2 Å². The van der Waals surface area contributed by atoms with Gasteiger partial charge in [-0.05, 0) is 48.2 Å². The molecule has 1 aliphatic heterocycles. The molecule has 0 bridgehead atoms. The summed E-state index contributed by atoms with van der Waals surface area (Å²) in [6.07, 6.45) is 1.23. The monoisotopic (exact) mass is 429 g/mol. The summed E-state index contributed by atoms with van der Waals surface area (Å²) < 4.78 is 0. The number of nitriles is 1. The first kappa shape index (κ1) is 21.0. The molecule has 1 amide bonds. The highest BCUT2D eigenvalue weighted by Crippen LogP contribution is 2.29. The molecule has 0 spiro atoms. The SMILES string of the molecule is C[C@H]1[C@H](NC(=O)Cc2ccc(-c3ccccc3)cc2)CCN1c1ccc(C#N)c(Cl)c1. The van der Waals surface area contributed by atoms with E-state index in [2.05, 4.69) is 47.5 Å². The van der Waals surface area contributed by atoms with Gasteiger partial charge in [0.1, 0.15) is 6.07 Å². The Kier molecular flexibility index (Phi) is 6.25. The summed E-state index contributed by atoms with van der Waals surface area (Å²) in [4.78, 5) is 14.9. The van der Waals surface area contributed by atoms with Crippen molar-refractivity contribution in [3.63, 3.8) is 0 Å². The van der Waals surface area contributed by atoms with E-state index in [9.17, 15) is 4.79 Å². The number of nitrogens with zero attached hydrogens (tertiary/aromatic N) is 2. The Bertz CT molecular complexity index is 1110. The first-order valence-electron chi connectivity index (χ1n) is 10.4. The third kappa shape index (κ3) is 4.73. The van der Waals surface area contributed by atoms with Crippen molar-refractivity contribution in [3.05, 3.63) is 88.9 Å². The molecule has 2 atom stereocenters. The molecule has 31 heavy (non-hydrogen) atoms. The minimum absolute atomic E-state index is 0.0315. The topological polar surface area (TPSA) is 56.1 Å². The third-order valence-corrected chi connectivity index (χ3v) is 6.24. The molecule has 1 heterocycles. The fourth-order valence-corrected chi connectivity index (χ4v) is 4.38. The molecule has 0 saturated carbocycles. The molecule has 4 rings (SSSR count). The van der Waals surface area contributed by atoms with Crippen molar-refractivity contribution in [2.45, 2.75) is 31.8 Å². The van der Waals surface area contributed by atoms with E-state index in [-0.39, 0.29) is 18.0 Å². The van der Waals surface area contributed by atoms with Gasteiger partial charge in [-0.25, -0.2) is 0 Å². The van der Waals surface area contributed by atoms with Crippen LogP contribution in [0, 0.1) is 11.3 Å². The molecule has 3 aromatic rings. The highest BCUT2D eigenvalue weighted by molar-refractivity contribution is 6.32. The number of hydrogen-bond donors (Lipinski definition) is 1. The van der Waals surface area contributed by atoms with Crippen LogP contribution in [0.15, 0.2) is 72.8 Å². The Morgan fingerprint density at radius 2 is 1.81 bits per heavy atom. The number of halogens is 1. The van der Waals surface area contributed by atoms with Gasteiger partial charge in [-0.15, -0.1) is 0 Å². The number of carbonyl (C=O) groups is 1. The Labute approximate surface area is 188 Å². The summed E-state index contributed by atoms with van der Waals surface area (Å²) in [6.45, 7) is 2.94. The van der Waals surface area contributed by atoms with E-state index in [1.165, 1.54) is 5.56 Å². The van der Waals surface area contributed by atoms with Gasteiger partial charge in [-0.1, -0.05) is 66.2 Å². The van der Waals surface area contributed by atoms with Crippen molar-refractivity contribution in [1.82, 2.24) is 5.32 Å². The van der Waals surface area contributed by atoms with Crippen molar-refractivity contribution in [1.29, 1.82) is 5.26 Å². The lowest BCUT2D eigenvalue weighted by molar-refractivity contribution is -0.121. The number of hydrogen-bond acceptors (Lipinski definition) is 3. The molecule has 0 unspecified atom stereocenters. The molecular formula is C26H24ClN3O. The van der Waals surface area contributed by atoms with Crippen LogP contribution in [0.2, 0.25) is 5.02 Å². The highest BCUT2D eigenvalue weighted by Gasteiger charge is 2.32. The first-order valence-corrected chi connectivity index (χ1v) is 10.8. The van der Waals surface area contributed by atoms with Crippen molar-refractivity contribution in [2.75, 3.05) is 11.4 Å².